The molecule has 4 nitrogen and oxygen atoms in total. The molecule has 11 heavy (non-hydrogen) atoms. The molecule has 1 aromatic carbocycles. The van der Waals surface area contributed by atoms with E-state index >= 15 is 0 Å². The zero-order valence-electron chi connectivity index (χ0n) is 5.76. The number of halogens is 1. The van der Waals surface area contributed by atoms with Crippen molar-refractivity contribution in [1.29, 1.82) is 0 Å². The molecule has 5 heteroatoms. The molecule has 0 radical (unpaired) electrons. The van der Waals surface area contributed by atoms with E-state index in [1.165, 1.54) is 12.1 Å². The van der Waals surface area contributed by atoms with Crippen LogP contribution in [0, 0.1) is 5.82 Å². The lowest BCUT2D eigenvalue weighted by Crippen LogP contribution is -2.10. The summed E-state index contributed by atoms with van der Waals surface area (Å²) >= 11 is 0. The summed E-state index contributed by atoms with van der Waals surface area (Å²) in [5.41, 5.74) is 5.25. The third-order valence-electron chi connectivity index (χ3n) is 1.29. The van der Waals surface area contributed by atoms with E-state index < -0.39 is 5.82 Å². The first-order valence-corrected chi connectivity index (χ1v) is 3.00. The van der Waals surface area contributed by atoms with Crippen molar-refractivity contribution in [3.05, 3.63) is 24.0 Å². The SMILES string of the molecule is NNc1ccc(NN)c(F)c1. The number of hydrogen-bond acceptors (Lipinski definition) is 4. The molecule has 0 bridgehead atoms. The van der Waals surface area contributed by atoms with Gasteiger partial charge in [-0.15, -0.1) is 0 Å². The lowest BCUT2D eigenvalue weighted by atomic mass is 10.3. The molecule has 1 aromatic rings. The maximum Gasteiger partial charge on any atom is 0.149 e. The molecule has 0 amide bonds. The van der Waals surface area contributed by atoms with Crippen LogP contribution in [0.25, 0.3) is 0 Å². The van der Waals surface area contributed by atoms with Gasteiger partial charge in [-0.3, -0.25) is 11.7 Å². The molecule has 0 aliphatic rings. The molecule has 0 atom stereocenters. The summed E-state index contributed by atoms with van der Waals surface area (Å²) in [6.07, 6.45) is 0. The summed E-state index contributed by atoms with van der Waals surface area (Å²) < 4.78 is 12.8. The predicted molar refractivity (Wildman–Crippen MR) is 42.0 cm³/mol. The quantitative estimate of drug-likeness (QED) is 0.369. The predicted octanol–water partition coefficient (Wildman–Crippen LogP) is 0.397. The van der Waals surface area contributed by atoms with Gasteiger partial charge in [0.15, 0.2) is 0 Å². The summed E-state index contributed by atoms with van der Waals surface area (Å²) in [4.78, 5) is 0. The van der Waals surface area contributed by atoms with Crippen LogP contribution in [0.3, 0.4) is 0 Å². The van der Waals surface area contributed by atoms with Crippen molar-refractivity contribution in [2.45, 2.75) is 0 Å². The van der Waals surface area contributed by atoms with Gasteiger partial charge in [0.1, 0.15) is 5.82 Å². The first-order chi connectivity index (χ1) is 5.27. The number of benzene rings is 1. The fraction of sp³-hybridized carbons (Fsp3) is 0. The van der Waals surface area contributed by atoms with Crippen LogP contribution in [0.5, 0.6) is 0 Å². The Morgan fingerprint density at radius 3 is 2.36 bits per heavy atom. The lowest BCUT2D eigenvalue weighted by Gasteiger charge is -2.03. The van der Waals surface area contributed by atoms with Crippen molar-refractivity contribution in [2.75, 3.05) is 10.9 Å². The lowest BCUT2D eigenvalue weighted by molar-refractivity contribution is 0.631. The normalized spacial score (nSPS) is 9.36. The van der Waals surface area contributed by atoms with Crippen LogP contribution in [0.1, 0.15) is 0 Å². The van der Waals surface area contributed by atoms with Crippen LogP contribution in [0.4, 0.5) is 15.8 Å². The minimum atomic E-state index is -0.442. The van der Waals surface area contributed by atoms with Gasteiger partial charge in [-0.05, 0) is 12.1 Å². The molecule has 0 aliphatic carbocycles. The fourth-order valence-electron chi connectivity index (χ4n) is 0.722. The second-order valence-corrected chi connectivity index (χ2v) is 1.98. The number of hydrazine groups is 2. The Morgan fingerprint density at radius 1 is 1.18 bits per heavy atom. The van der Waals surface area contributed by atoms with Crippen LogP contribution >= 0.6 is 0 Å². The minimum Gasteiger partial charge on any atom is -0.324 e. The van der Waals surface area contributed by atoms with Crippen LogP contribution in [-0.4, -0.2) is 0 Å². The molecule has 0 spiro atoms. The average molecular weight is 156 g/mol. The van der Waals surface area contributed by atoms with E-state index in [-0.39, 0.29) is 5.69 Å². The van der Waals surface area contributed by atoms with E-state index in [1.54, 1.807) is 6.07 Å². The van der Waals surface area contributed by atoms with E-state index in [0.29, 0.717) is 5.69 Å². The first-order valence-electron chi connectivity index (χ1n) is 3.00. The molecule has 0 aromatic heterocycles. The standard InChI is InChI=1S/C6H9FN4/c7-5-3-4(10-8)1-2-6(5)11-9/h1-3,10-11H,8-9H2. The monoisotopic (exact) mass is 156 g/mol. The number of nitrogen functional groups attached to an aromatic ring is 2. The van der Waals surface area contributed by atoms with E-state index in [0.717, 1.165) is 0 Å². The zero-order valence-corrected chi connectivity index (χ0v) is 5.76. The van der Waals surface area contributed by atoms with Gasteiger partial charge in [0.25, 0.3) is 0 Å². The highest BCUT2D eigenvalue weighted by Gasteiger charge is 1.99. The summed E-state index contributed by atoms with van der Waals surface area (Å²) in [5, 5.41) is 0. The topological polar surface area (TPSA) is 76.1 Å². The van der Waals surface area contributed by atoms with Crippen LogP contribution < -0.4 is 22.5 Å². The third-order valence-corrected chi connectivity index (χ3v) is 1.29. The second kappa shape index (κ2) is 3.18. The van der Waals surface area contributed by atoms with Crippen LogP contribution in [0.15, 0.2) is 18.2 Å². The van der Waals surface area contributed by atoms with Gasteiger partial charge in [-0.25, -0.2) is 4.39 Å². The van der Waals surface area contributed by atoms with E-state index in [9.17, 15) is 4.39 Å². The highest BCUT2D eigenvalue weighted by atomic mass is 19.1. The Balaban J connectivity index is 2.99. The summed E-state index contributed by atoms with van der Waals surface area (Å²) in [6, 6.07) is 4.35. The number of anilines is 2. The Bertz CT molecular complexity index is 250. The molecule has 1 rings (SSSR count). The smallest absolute Gasteiger partial charge is 0.149 e. The molecule has 0 saturated carbocycles. The third kappa shape index (κ3) is 1.57. The van der Waals surface area contributed by atoms with Crippen LogP contribution in [0.2, 0.25) is 0 Å². The Kier molecular flexibility index (Phi) is 2.25. The highest BCUT2D eigenvalue weighted by molar-refractivity contribution is 5.53. The summed E-state index contributed by atoms with van der Waals surface area (Å²) in [6.45, 7) is 0. The number of hydrogen-bond donors (Lipinski definition) is 4. The summed E-state index contributed by atoms with van der Waals surface area (Å²) in [7, 11) is 0. The van der Waals surface area contributed by atoms with Gasteiger partial charge in [0.05, 0.1) is 11.4 Å². The van der Waals surface area contributed by atoms with E-state index in [4.69, 9.17) is 11.7 Å². The van der Waals surface area contributed by atoms with Crippen LogP contribution in [-0.2, 0) is 0 Å². The van der Waals surface area contributed by atoms with Gasteiger partial charge in [-0.2, -0.15) is 0 Å². The molecule has 0 saturated heterocycles. The van der Waals surface area contributed by atoms with Crippen molar-refractivity contribution >= 4 is 11.4 Å². The molecule has 0 heterocycles. The van der Waals surface area contributed by atoms with Crippen molar-refractivity contribution in [3.63, 3.8) is 0 Å². The molecule has 6 N–H and O–H groups in total. The van der Waals surface area contributed by atoms with E-state index in [1.807, 2.05) is 0 Å². The van der Waals surface area contributed by atoms with Gasteiger partial charge in [0.2, 0.25) is 0 Å². The van der Waals surface area contributed by atoms with Crippen molar-refractivity contribution < 1.29 is 4.39 Å². The highest BCUT2D eigenvalue weighted by Crippen LogP contribution is 2.16. The maximum absolute atomic E-state index is 12.8. The molecule has 60 valence electrons. The number of rotatable bonds is 2. The number of nitrogens with two attached hydrogens (primary N) is 2. The second-order valence-electron chi connectivity index (χ2n) is 1.98. The Hall–Kier alpha value is -1.33. The first kappa shape index (κ1) is 7.77. The minimum absolute atomic E-state index is 0.240. The van der Waals surface area contributed by atoms with Crippen molar-refractivity contribution in [3.8, 4) is 0 Å². The Morgan fingerprint density at radius 2 is 1.91 bits per heavy atom. The van der Waals surface area contributed by atoms with E-state index in [2.05, 4.69) is 10.9 Å². The largest absolute Gasteiger partial charge is 0.324 e. The van der Waals surface area contributed by atoms with Gasteiger partial charge in [-0.1, -0.05) is 0 Å². The van der Waals surface area contributed by atoms with Gasteiger partial charge >= 0.3 is 0 Å². The van der Waals surface area contributed by atoms with Gasteiger partial charge in [0, 0.05) is 6.07 Å². The molecular formula is C6H9FN4. The zero-order chi connectivity index (χ0) is 8.27. The van der Waals surface area contributed by atoms with Gasteiger partial charge < -0.3 is 10.9 Å². The number of nitrogens with one attached hydrogen (secondary N) is 2. The fourth-order valence-corrected chi connectivity index (χ4v) is 0.722. The summed E-state index contributed by atoms with van der Waals surface area (Å²) in [5.74, 6) is 9.60. The molecular weight excluding hydrogens is 147 g/mol. The van der Waals surface area contributed by atoms with Crippen molar-refractivity contribution in [2.24, 2.45) is 11.7 Å². The molecule has 0 fully saturated rings. The molecule has 0 aliphatic heterocycles. The average Bonchev–Trinajstić information content (AvgIpc) is 2.04. The maximum atomic E-state index is 12.8. The Labute approximate surface area is 63.3 Å². The van der Waals surface area contributed by atoms with Crippen molar-refractivity contribution in [1.82, 2.24) is 0 Å². The molecule has 0 unspecified atom stereocenters.